The molecule has 32 heavy (non-hydrogen) atoms. The lowest BCUT2D eigenvalue weighted by Crippen LogP contribution is -2.43. The third kappa shape index (κ3) is 4.52. The highest BCUT2D eigenvalue weighted by Crippen LogP contribution is 2.53. The van der Waals surface area contributed by atoms with Crippen LogP contribution < -0.4 is 5.32 Å². The quantitative estimate of drug-likeness (QED) is 0.431. The van der Waals surface area contributed by atoms with E-state index in [2.05, 4.69) is 56.5 Å². The second-order valence-corrected chi connectivity index (χ2v) is 10.5. The van der Waals surface area contributed by atoms with Gasteiger partial charge >= 0.3 is 0 Å². The van der Waals surface area contributed by atoms with Gasteiger partial charge in [0.2, 0.25) is 0 Å². The molecule has 0 aromatic carbocycles. The summed E-state index contributed by atoms with van der Waals surface area (Å²) in [6, 6.07) is 2.83. The number of aliphatic imine (C=N–C) groups is 1. The topological polar surface area (TPSA) is 59.5 Å². The molecule has 4 heterocycles. The number of fused-ring (bicyclic) bond motifs is 1. The van der Waals surface area contributed by atoms with E-state index in [4.69, 9.17) is 4.99 Å². The maximum atomic E-state index is 5.12. The Bertz CT molecular complexity index is 863. The van der Waals surface area contributed by atoms with Gasteiger partial charge in [-0.05, 0) is 77.1 Å². The minimum Gasteiger partial charge on any atom is -0.353 e. The second-order valence-electron chi connectivity index (χ2n) is 10.5. The summed E-state index contributed by atoms with van der Waals surface area (Å²) < 4.78 is 0. The van der Waals surface area contributed by atoms with Crippen LogP contribution in [0.2, 0.25) is 0 Å². The number of hydrogen-bond donors (Lipinski definition) is 2. The minimum atomic E-state index is 0.490. The van der Waals surface area contributed by atoms with Crippen molar-refractivity contribution in [1.29, 1.82) is 0 Å². The van der Waals surface area contributed by atoms with Crippen LogP contribution in [0.1, 0.15) is 83.2 Å². The first-order chi connectivity index (χ1) is 15.7. The van der Waals surface area contributed by atoms with E-state index in [9.17, 15) is 0 Å². The molecule has 0 unspecified atom stereocenters. The van der Waals surface area contributed by atoms with E-state index in [1.807, 2.05) is 6.92 Å². The summed E-state index contributed by atoms with van der Waals surface area (Å²) in [5.74, 6) is 3.51. The highest BCUT2D eigenvalue weighted by atomic mass is 15.3. The Kier molecular flexibility index (Phi) is 6.40. The van der Waals surface area contributed by atoms with E-state index in [1.54, 1.807) is 0 Å². The summed E-state index contributed by atoms with van der Waals surface area (Å²) in [7, 11) is 0. The number of anilines is 1. The molecule has 5 fully saturated rings. The molecular formula is C26H40N6. The fourth-order valence-electron chi connectivity index (χ4n) is 6.42. The van der Waals surface area contributed by atoms with Crippen LogP contribution in [-0.2, 0) is 0 Å². The third-order valence-electron chi connectivity index (χ3n) is 7.93. The van der Waals surface area contributed by atoms with Crippen molar-refractivity contribution in [2.24, 2.45) is 10.4 Å². The molecule has 0 spiro atoms. The van der Waals surface area contributed by atoms with Gasteiger partial charge in [0.05, 0.1) is 0 Å². The average Bonchev–Trinajstić information content (AvgIpc) is 3.55. The molecule has 0 amide bonds. The zero-order chi connectivity index (χ0) is 22.0. The number of aromatic nitrogens is 2. The van der Waals surface area contributed by atoms with Crippen molar-refractivity contribution < 1.29 is 0 Å². The van der Waals surface area contributed by atoms with Crippen molar-refractivity contribution in [1.82, 2.24) is 20.0 Å². The normalized spacial score (nSPS) is 29.4. The Morgan fingerprint density at radius 2 is 2.03 bits per heavy atom. The monoisotopic (exact) mass is 436 g/mol. The molecule has 2 N–H and O–H groups in total. The van der Waals surface area contributed by atoms with Crippen molar-refractivity contribution in [3.63, 3.8) is 0 Å². The molecular weight excluding hydrogens is 396 g/mol. The van der Waals surface area contributed by atoms with E-state index in [0.717, 1.165) is 30.4 Å². The Labute approximate surface area is 193 Å². The van der Waals surface area contributed by atoms with Crippen molar-refractivity contribution >= 4 is 11.7 Å². The molecule has 5 aliphatic rings. The molecule has 174 valence electrons. The molecule has 6 nitrogen and oxygen atoms in total. The largest absolute Gasteiger partial charge is 0.353 e. The predicted molar refractivity (Wildman–Crippen MR) is 132 cm³/mol. The van der Waals surface area contributed by atoms with E-state index < -0.39 is 0 Å². The van der Waals surface area contributed by atoms with Crippen LogP contribution in [0.25, 0.3) is 0 Å². The van der Waals surface area contributed by atoms with Crippen LogP contribution in [0.3, 0.4) is 0 Å². The van der Waals surface area contributed by atoms with Crippen molar-refractivity contribution in [2.45, 2.75) is 83.6 Å². The van der Waals surface area contributed by atoms with E-state index in [0.29, 0.717) is 17.4 Å². The lowest BCUT2D eigenvalue weighted by molar-refractivity contribution is 0.121. The van der Waals surface area contributed by atoms with Crippen LogP contribution in [0.15, 0.2) is 35.1 Å². The maximum absolute atomic E-state index is 5.12. The Hall–Kier alpha value is -2.08. The van der Waals surface area contributed by atoms with Gasteiger partial charge in [0.25, 0.3) is 0 Å². The molecule has 0 atom stereocenters. The van der Waals surface area contributed by atoms with Crippen LogP contribution >= 0.6 is 0 Å². The summed E-state index contributed by atoms with van der Waals surface area (Å²) in [6.45, 7) is 9.28. The molecule has 1 aromatic heterocycles. The minimum absolute atomic E-state index is 0.490. The van der Waals surface area contributed by atoms with Gasteiger partial charge in [-0.3, -0.25) is 5.10 Å². The van der Waals surface area contributed by atoms with Crippen LogP contribution in [0.4, 0.5) is 5.82 Å². The SMILES string of the molecule is C\C=C/C(=N\C(=C\CC)N1CC2(CN3CCCC3)CC1C2)Nc1cc(C2CCCC2)[nH]n1. The van der Waals surface area contributed by atoms with E-state index >= 15 is 0 Å². The van der Waals surface area contributed by atoms with Crippen LogP contribution in [-0.4, -0.2) is 58.1 Å². The summed E-state index contributed by atoms with van der Waals surface area (Å²) >= 11 is 0. The number of aromatic amines is 1. The first-order valence-corrected chi connectivity index (χ1v) is 12.9. The molecule has 2 aliphatic carbocycles. The van der Waals surface area contributed by atoms with E-state index in [-0.39, 0.29) is 0 Å². The maximum Gasteiger partial charge on any atom is 0.153 e. The van der Waals surface area contributed by atoms with Gasteiger partial charge < -0.3 is 15.1 Å². The lowest BCUT2D eigenvalue weighted by Gasteiger charge is -2.39. The number of likely N-dealkylation sites (tertiary alicyclic amines) is 1. The summed E-state index contributed by atoms with van der Waals surface area (Å²) in [5.41, 5.74) is 1.75. The summed E-state index contributed by atoms with van der Waals surface area (Å²) in [4.78, 5) is 10.4. The van der Waals surface area contributed by atoms with Crippen molar-refractivity contribution in [2.75, 3.05) is 31.5 Å². The molecule has 2 bridgehead atoms. The smallest absolute Gasteiger partial charge is 0.153 e. The number of allylic oxidation sites excluding steroid dienone is 2. The summed E-state index contributed by atoms with van der Waals surface area (Å²) in [5, 5.41) is 11.3. The zero-order valence-corrected chi connectivity index (χ0v) is 19.9. The molecule has 0 radical (unpaired) electrons. The van der Waals surface area contributed by atoms with E-state index in [1.165, 1.54) is 76.7 Å². The lowest BCUT2D eigenvalue weighted by atomic mass is 9.70. The fourth-order valence-corrected chi connectivity index (χ4v) is 6.42. The molecule has 2 saturated carbocycles. The van der Waals surface area contributed by atoms with Gasteiger partial charge in [-0.25, -0.2) is 4.99 Å². The van der Waals surface area contributed by atoms with Gasteiger partial charge in [-0.15, -0.1) is 0 Å². The number of hydrogen-bond acceptors (Lipinski definition) is 4. The van der Waals surface area contributed by atoms with Crippen LogP contribution in [0.5, 0.6) is 0 Å². The Morgan fingerprint density at radius 3 is 2.75 bits per heavy atom. The number of H-pyrrole nitrogens is 1. The first kappa shape index (κ1) is 21.7. The van der Waals surface area contributed by atoms with Gasteiger partial charge in [0.15, 0.2) is 5.82 Å². The van der Waals surface area contributed by atoms with Crippen LogP contribution in [0, 0.1) is 5.41 Å². The molecule has 1 aromatic rings. The standard InChI is InChI=1S/C26H40N6/c1-3-9-23(27-24-15-22(29-30-24)20-11-5-6-12-20)28-25(10-4-2)32-19-26(16-21(32)17-26)18-31-13-7-8-14-31/h3,9-10,15,20-21H,4-8,11-14,16-19H2,1-2H3,(H2,27,28,29,30)/b9-3-,25-10-. The first-order valence-electron chi connectivity index (χ1n) is 12.9. The number of nitrogens with zero attached hydrogens (tertiary/aromatic N) is 4. The predicted octanol–water partition coefficient (Wildman–Crippen LogP) is 5.27. The number of amidine groups is 1. The van der Waals surface area contributed by atoms with Gasteiger partial charge in [-0.1, -0.05) is 25.8 Å². The highest BCUT2D eigenvalue weighted by Gasteiger charge is 2.56. The molecule has 6 rings (SSSR count). The third-order valence-corrected chi connectivity index (χ3v) is 7.93. The highest BCUT2D eigenvalue weighted by molar-refractivity contribution is 6.03. The van der Waals surface area contributed by atoms with Gasteiger partial charge in [-0.2, -0.15) is 5.10 Å². The number of rotatable bonds is 8. The van der Waals surface area contributed by atoms with Gasteiger partial charge in [0, 0.05) is 42.2 Å². The fraction of sp³-hybridized carbons (Fsp3) is 0.692. The molecule has 3 saturated heterocycles. The zero-order valence-electron chi connectivity index (χ0n) is 19.9. The number of nitrogens with one attached hydrogen (secondary N) is 2. The average molecular weight is 437 g/mol. The molecule has 3 aliphatic heterocycles. The molecule has 6 heteroatoms. The van der Waals surface area contributed by atoms with Crippen molar-refractivity contribution in [3.05, 3.63) is 35.8 Å². The Balaban J connectivity index is 1.29. The van der Waals surface area contributed by atoms with Gasteiger partial charge in [0.1, 0.15) is 11.7 Å². The second kappa shape index (κ2) is 9.42. The summed E-state index contributed by atoms with van der Waals surface area (Å²) in [6.07, 6.45) is 18.0. The Morgan fingerprint density at radius 1 is 1.25 bits per heavy atom. The van der Waals surface area contributed by atoms with Crippen molar-refractivity contribution in [3.8, 4) is 0 Å².